The zero-order valence-electron chi connectivity index (χ0n) is 12.1. The van der Waals surface area contributed by atoms with Crippen LogP contribution in [0.15, 0.2) is 12.3 Å². The van der Waals surface area contributed by atoms with Gasteiger partial charge in [0.1, 0.15) is 5.82 Å². The summed E-state index contributed by atoms with van der Waals surface area (Å²) >= 11 is 0. The third-order valence-corrected chi connectivity index (χ3v) is 3.63. The molecule has 0 unspecified atom stereocenters. The van der Waals surface area contributed by atoms with Crippen LogP contribution in [0, 0.1) is 0 Å². The minimum absolute atomic E-state index is 0.605. The van der Waals surface area contributed by atoms with Crippen LogP contribution in [0.2, 0.25) is 0 Å². The smallest absolute Gasteiger partial charge is 0.145 e. The van der Waals surface area contributed by atoms with Gasteiger partial charge in [0.15, 0.2) is 0 Å². The van der Waals surface area contributed by atoms with Gasteiger partial charge in [0.25, 0.3) is 0 Å². The van der Waals surface area contributed by atoms with Crippen LogP contribution in [0.1, 0.15) is 0 Å². The molecule has 0 aliphatic carbocycles. The van der Waals surface area contributed by atoms with Crippen molar-refractivity contribution in [2.75, 3.05) is 65.6 Å². The fourth-order valence-corrected chi connectivity index (χ4v) is 2.32. The number of nitrogens with zero attached hydrogens (tertiary/aromatic N) is 5. The van der Waals surface area contributed by atoms with Crippen molar-refractivity contribution in [1.82, 2.24) is 24.5 Å². The highest BCUT2D eigenvalue weighted by atomic mass is 15.3. The molecule has 2 rings (SSSR count). The first-order chi connectivity index (χ1) is 9.13. The molecule has 0 amide bonds. The SMILES string of the molecule is CN(C)CCN1CCN(CCn2ccc(N)n2)CC1. The molecule has 1 saturated heterocycles. The molecule has 0 atom stereocenters. The van der Waals surface area contributed by atoms with Crippen LogP contribution in [-0.4, -0.2) is 84.4 Å². The van der Waals surface area contributed by atoms with Crippen molar-refractivity contribution in [1.29, 1.82) is 0 Å². The second-order valence-electron chi connectivity index (χ2n) is 5.49. The Labute approximate surface area is 115 Å². The monoisotopic (exact) mass is 266 g/mol. The molecule has 6 heteroatoms. The lowest BCUT2D eigenvalue weighted by molar-refractivity contribution is 0.121. The zero-order valence-corrected chi connectivity index (χ0v) is 12.1. The van der Waals surface area contributed by atoms with Crippen molar-refractivity contribution in [3.8, 4) is 0 Å². The molecular weight excluding hydrogens is 240 g/mol. The fourth-order valence-electron chi connectivity index (χ4n) is 2.32. The van der Waals surface area contributed by atoms with Gasteiger partial charge in [0.2, 0.25) is 0 Å². The molecule has 0 bridgehead atoms. The molecule has 2 heterocycles. The summed E-state index contributed by atoms with van der Waals surface area (Å²) in [6, 6.07) is 1.85. The van der Waals surface area contributed by atoms with Gasteiger partial charge in [0.05, 0.1) is 6.54 Å². The van der Waals surface area contributed by atoms with Crippen molar-refractivity contribution in [2.45, 2.75) is 6.54 Å². The number of hydrogen-bond acceptors (Lipinski definition) is 5. The normalized spacial score (nSPS) is 18.3. The maximum atomic E-state index is 5.61. The Bertz CT molecular complexity index is 367. The molecule has 1 aromatic rings. The molecule has 0 saturated carbocycles. The lowest BCUT2D eigenvalue weighted by Gasteiger charge is -2.35. The Kier molecular flexibility index (Phi) is 5.18. The standard InChI is InChI=1S/C13H26N6/c1-16(2)5-6-17-7-9-18(10-8-17)11-12-19-4-3-13(14)15-19/h3-4H,5-12H2,1-2H3,(H2,14,15). The van der Waals surface area contributed by atoms with Crippen LogP contribution in [0.3, 0.4) is 0 Å². The van der Waals surface area contributed by atoms with Gasteiger partial charge in [-0.1, -0.05) is 0 Å². The van der Waals surface area contributed by atoms with Crippen LogP contribution in [0.25, 0.3) is 0 Å². The lowest BCUT2D eigenvalue weighted by atomic mass is 10.3. The lowest BCUT2D eigenvalue weighted by Crippen LogP contribution is -2.48. The van der Waals surface area contributed by atoms with E-state index in [-0.39, 0.29) is 0 Å². The molecule has 1 fully saturated rings. The first-order valence-electron chi connectivity index (χ1n) is 7.02. The van der Waals surface area contributed by atoms with Crippen LogP contribution in [0.4, 0.5) is 5.82 Å². The van der Waals surface area contributed by atoms with Crippen molar-refractivity contribution in [3.63, 3.8) is 0 Å². The predicted octanol–water partition coefficient (Wildman–Crippen LogP) is -0.355. The Morgan fingerprint density at radius 3 is 2.26 bits per heavy atom. The van der Waals surface area contributed by atoms with Gasteiger partial charge in [-0.25, -0.2) is 0 Å². The number of nitrogens with two attached hydrogens (primary N) is 1. The summed E-state index contributed by atoms with van der Waals surface area (Å²) < 4.78 is 1.92. The quantitative estimate of drug-likeness (QED) is 0.762. The molecular formula is C13H26N6. The third kappa shape index (κ3) is 4.81. The van der Waals surface area contributed by atoms with Gasteiger partial charge in [0, 0.05) is 52.0 Å². The second-order valence-corrected chi connectivity index (χ2v) is 5.49. The number of aromatic nitrogens is 2. The Hall–Kier alpha value is -1.11. The summed E-state index contributed by atoms with van der Waals surface area (Å²) in [7, 11) is 4.26. The van der Waals surface area contributed by atoms with E-state index in [1.165, 1.54) is 19.6 Å². The number of likely N-dealkylation sites (N-methyl/N-ethyl adjacent to an activating group) is 1. The Morgan fingerprint density at radius 1 is 1.11 bits per heavy atom. The summed E-state index contributed by atoms with van der Waals surface area (Å²) in [5.74, 6) is 0.605. The van der Waals surface area contributed by atoms with Crippen LogP contribution >= 0.6 is 0 Å². The first kappa shape index (κ1) is 14.3. The van der Waals surface area contributed by atoms with Crippen molar-refractivity contribution in [2.24, 2.45) is 0 Å². The van der Waals surface area contributed by atoms with Crippen LogP contribution < -0.4 is 5.73 Å². The first-order valence-corrected chi connectivity index (χ1v) is 7.02. The molecule has 1 aromatic heterocycles. The van der Waals surface area contributed by atoms with Gasteiger partial charge in [-0.15, -0.1) is 0 Å². The molecule has 2 N–H and O–H groups in total. The second kappa shape index (κ2) is 6.88. The van der Waals surface area contributed by atoms with Gasteiger partial charge >= 0.3 is 0 Å². The number of nitrogen functional groups attached to an aromatic ring is 1. The van der Waals surface area contributed by atoms with Crippen molar-refractivity contribution in [3.05, 3.63) is 12.3 Å². The highest BCUT2D eigenvalue weighted by Gasteiger charge is 2.16. The van der Waals surface area contributed by atoms with Crippen molar-refractivity contribution < 1.29 is 0 Å². The summed E-state index contributed by atoms with van der Waals surface area (Å²) in [6.45, 7) is 8.97. The highest BCUT2D eigenvalue weighted by Crippen LogP contribution is 2.03. The maximum Gasteiger partial charge on any atom is 0.145 e. The van der Waals surface area contributed by atoms with Gasteiger partial charge < -0.3 is 10.6 Å². The number of piperazine rings is 1. The minimum atomic E-state index is 0.605. The molecule has 0 spiro atoms. The molecule has 19 heavy (non-hydrogen) atoms. The maximum absolute atomic E-state index is 5.61. The van der Waals surface area contributed by atoms with E-state index >= 15 is 0 Å². The largest absolute Gasteiger partial charge is 0.382 e. The molecule has 108 valence electrons. The predicted molar refractivity (Wildman–Crippen MR) is 78.1 cm³/mol. The van der Waals surface area contributed by atoms with Crippen LogP contribution in [0.5, 0.6) is 0 Å². The summed E-state index contributed by atoms with van der Waals surface area (Å²) in [4.78, 5) is 7.29. The van der Waals surface area contributed by atoms with Gasteiger partial charge in [-0.3, -0.25) is 14.5 Å². The zero-order chi connectivity index (χ0) is 13.7. The summed E-state index contributed by atoms with van der Waals surface area (Å²) in [5, 5.41) is 4.21. The fraction of sp³-hybridized carbons (Fsp3) is 0.769. The molecule has 0 aromatic carbocycles. The minimum Gasteiger partial charge on any atom is -0.382 e. The number of anilines is 1. The van der Waals surface area contributed by atoms with Crippen LogP contribution in [-0.2, 0) is 6.54 Å². The van der Waals surface area contributed by atoms with Gasteiger partial charge in [-0.2, -0.15) is 5.10 Å². The number of hydrogen-bond donors (Lipinski definition) is 1. The highest BCUT2D eigenvalue weighted by molar-refractivity contribution is 5.23. The topological polar surface area (TPSA) is 53.6 Å². The van der Waals surface area contributed by atoms with Gasteiger partial charge in [-0.05, 0) is 20.2 Å². The summed E-state index contributed by atoms with van der Waals surface area (Å²) in [6.07, 6.45) is 1.95. The van der Waals surface area contributed by atoms with E-state index in [4.69, 9.17) is 5.73 Å². The molecule has 1 aliphatic heterocycles. The van der Waals surface area contributed by atoms with Crippen molar-refractivity contribution >= 4 is 5.82 Å². The third-order valence-electron chi connectivity index (χ3n) is 3.63. The van der Waals surface area contributed by atoms with E-state index in [1.807, 2.05) is 16.9 Å². The van der Waals surface area contributed by atoms with E-state index in [0.717, 1.165) is 32.7 Å². The summed E-state index contributed by atoms with van der Waals surface area (Å²) in [5.41, 5.74) is 5.61. The average molecular weight is 266 g/mol. The van der Waals surface area contributed by atoms with E-state index in [0.29, 0.717) is 5.82 Å². The number of rotatable bonds is 6. The molecule has 0 radical (unpaired) electrons. The van der Waals surface area contributed by atoms with E-state index in [2.05, 4.69) is 33.9 Å². The van der Waals surface area contributed by atoms with E-state index < -0.39 is 0 Å². The van der Waals surface area contributed by atoms with E-state index in [9.17, 15) is 0 Å². The Morgan fingerprint density at radius 2 is 1.74 bits per heavy atom. The van der Waals surface area contributed by atoms with E-state index in [1.54, 1.807) is 0 Å². The molecule has 6 nitrogen and oxygen atoms in total. The molecule has 1 aliphatic rings. The average Bonchev–Trinajstić information content (AvgIpc) is 2.81. The Balaban J connectivity index is 1.63.